The third-order valence-electron chi connectivity index (χ3n) is 6.46. The molecule has 3 aromatic rings. The summed E-state index contributed by atoms with van der Waals surface area (Å²) < 4.78 is 49.8. The van der Waals surface area contributed by atoms with Crippen molar-refractivity contribution >= 4 is 17.0 Å². The molecule has 1 aliphatic heterocycles. The molecule has 2 aliphatic rings. The first-order chi connectivity index (χ1) is 16.8. The summed E-state index contributed by atoms with van der Waals surface area (Å²) in [5, 5.41) is 26.8. The fourth-order valence-electron chi connectivity index (χ4n) is 4.86. The topological polar surface area (TPSA) is 105 Å². The number of aliphatic hydroxyl groups excluding tert-OH is 1. The van der Waals surface area contributed by atoms with E-state index in [0.717, 1.165) is 28.5 Å². The Labute approximate surface area is 199 Å². The molecular formula is C23H24F3N7O2. The highest BCUT2D eigenvalue weighted by molar-refractivity contribution is 5.80. The van der Waals surface area contributed by atoms with Gasteiger partial charge in [0.15, 0.2) is 11.3 Å². The van der Waals surface area contributed by atoms with Crippen LogP contribution in [-0.4, -0.2) is 61.9 Å². The number of hydrogen-bond acceptors (Lipinski definition) is 7. The summed E-state index contributed by atoms with van der Waals surface area (Å²) in [6.07, 6.45) is 3.09. The van der Waals surface area contributed by atoms with Crippen LogP contribution in [0.2, 0.25) is 0 Å². The van der Waals surface area contributed by atoms with Crippen LogP contribution in [0.4, 0.5) is 19.0 Å². The van der Waals surface area contributed by atoms with Crippen LogP contribution < -0.4 is 4.90 Å². The number of halogens is 3. The third kappa shape index (κ3) is 4.15. The van der Waals surface area contributed by atoms with Gasteiger partial charge in [0.25, 0.3) is 0 Å². The van der Waals surface area contributed by atoms with E-state index in [9.17, 15) is 18.4 Å². The van der Waals surface area contributed by atoms with Gasteiger partial charge in [-0.05, 0) is 37.8 Å². The van der Waals surface area contributed by atoms with Gasteiger partial charge < -0.3 is 14.7 Å². The van der Waals surface area contributed by atoms with Crippen molar-refractivity contribution in [2.75, 3.05) is 31.2 Å². The molecule has 9 nitrogen and oxygen atoms in total. The smallest absolute Gasteiger partial charge is 0.394 e. The second kappa shape index (κ2) is 8.98. The highest BCUT2D eigenvalue weighted by Gasteiger charge is 2.41. The highest BCUT2D eigenvalue weighted by atomic mass is 19.4. The molecule has 1 N–H and O–H groups in total. The number of rotatable bonds is 6. The number of aromatic nitrogens is 5. The molecule has 12 heteroatoms. The number of allylic oxidation sites excluding steroid dienone is 2. The summed E-state index contributed by atoms with van der Waals surface area (Å²) >= 11 is 0. The van der Waals surface area contributed by atoms with Gasteiger partial charge >= 0.3 is 6.18 Å². The Morgan fingerprint density at radius 1 is 1.31 bits per heavy atom. The van der Waals surface area contributed by atoms with Gasteiger partial charge in [0, 0.05) is 31.0 Å². The first-order valence-electron chi connectivity index (χ1n) is 11.4. The predicted molar refractivity (Wildman–Crippen MR) is 120 cm³/mol. The van der Waals surface area contributed by atoms with E-state index in [1.807, 2.05) is 21.8 Å². The minimum absolute atomic E-state index is 0.109. The number of aliphatic hydroxyl groups is 1. The lowest BCUT2D eigenvalue weighted by Gasteiger charge is -2.41. The number of anilines is 1. The van der Waals surface area contributed by atoms with Gasteiger partial charge in [-0.15, -0.1) is 0 Å². The van der Waals surface area contributed by atoms with Crippen molar-refractivity contribution in [3.05, 3.63) is 47.1 Å². The molecule has 184 valence electrons. The number of hydrogen-bond donors (Lipinski definition) is 1. The normalized spacial score (nSPS) is 19.0. The Morgan fingerprint density at radius 2 is 2.11 bits per heavy atom. The van der Waals surface area contributed by atoms with Crippen LogP contribution in [0.5, 0.6) is 0 Å². The van der Waals surface area contributed by atoms with Crippen LogP contribution in [0.25, 0.3) is 11.2 Å². The molecule has 1 atom stereocenters. The van der Waals surface area contributed by atoms with Crippen molar-refractivity contribution in [3.8, 4) is 6.07 Å². The van der Waals surface area contributed by atoms with Crippen LogP contribution in [0, 0.1) is 18.3 Å². The second-order valence-corrected chi connectivity index (χ2v) is 8.74. The molecular weight excluding hydrogens is 463 g/mol. The molecule has 0 radical (unpaired) electrons. The van der Waals surface area contributed by atoms with Crippen LogP contribution in [0.15, 0.2) is 24.5 Å². The van der Waals surface area contributed by atoms with E-state index in [1.165, 1.54) is 0 Å². The third-order valence-corrected chi connectivity index (χ3v) is 6.46. The zero-order valence-corrected chi connectivity index (χ0v) is 19.0. The van der Waals surface area contributed by atoms with Crippen molar-refractivity contribution < 1.29 is 23.0 Å². The molecule has 0 spiro atoms. The Hall–Kier alpha value is -3.43. The maximum absolute atomic E-state index is 13.7. The average Bonchev–Trinajstić information content (AvgIpc) is 3.46. The van der Waals surface area contributed by atoms with E-state index in [4.69, 9.17) is 9.84 Å². The number of aryl methyl sites for hydroxylation is 1. The molecule has 0 bridgehead atoms. The summed E-state index contributed by atoms with van der Waals surface area (Å²) in [4.78, 5) is 6.33. The molecule has 0 unspecified atom stereocenters. The SMILES string of the molecule is Cc1nc2c(C#N)c(C(F)(F)F)nn2c(N2CC(OCCO)C2)c1C1=CCC[C@@H](n2cccn2)C1. The van der Waals surface area contributed by atoms with Crippen LogP contribution in [-0.2, 0) is 10.9 Å². The Morgan fingerprint density at radius 3 is 2.77 bits per heavy atom. The fraction of sp³-hybridized carbons (Fsp3) is 0.478. The first kappa shape index (κ1) is 23.3. The molecule has 0 aromatic carbocycles. The van der Waals surface area contributed by atoms with E-state index in [1.54, 1.807) is 19.2 Å². The number of ether oxygens (including phenoxy) is 1. The van der Waals surface area contributed by atoms with Crippen LogP contribution in [0.1, 0.15) is 47.8 Å². The zero-order valence-electron chi connectivity index (χ0n) is 19.0. The summed E-state index contributed by atoms with van der Waals surface area (Å²) in [5.74, 6) is 0.468. The lowest BCUT2D eigenvalue weighted by Crippen LogP contribution is -2.53. The Balaban J connectivity index is 1.64. The van der Waals surface area contributed by atoms with Gasteiger partial charge in [-0.25, -0.2) is 4.98 Å². The molecule has 1 aliphatic carbocycles. The summed E-state index contributed by atoms with van der Waals surface area (Å²) in [6.45, 7) is 2.67. The van der Waals surface area contributed by atoms with E-state index < -0.39 is 17.4 Å². The quantitative estimate of drug-likeness (QED) is 0.570. The van der Waals surface area contributed by atoms with Gasteiger partial charge in [0.2, 0.25) is 0 Å². The Kier molecular flexibility index (Phi) is 5.98. The number of nitrogens with zero attached hydrogens (tertiary/aromatic N) is 7. The lowest BCUT2D eigenvalue weighted by atomic mass is 9.89. The molecule has 0 saturated carbocycles. The summed E-state index contributed by atoms with van der Waals surface area (Å²) in [6, 6.07) is 3.63. The Bertz CT molecular complexity index is 1300. The van der Waals surface area contributed by atoms with Gasteiger partial charge in [0.1, 0.15) is 17.5 Å². The highest BCUT2D eigenvalue weighted by Crippen LogP contribution is 2.42. The van der Waals surface area contributed by atoms with Crippen molar-refractivity contribution in [1.82, 2.24) is 24.4 Å². The predicted octanol–water partition coefficient (Wildman–Crippen LogP) is 3.13. The minimum atomic E-state index is -4.79. The van der Waals surface area contributed by atoms with Crippen LogP contribution in [0.3, 0.4) is 0 Å². The second-order valence-electron chi connectivity index (χ2n) is 8.74. The molecule has 1 saturated heterocycles. The van der Waals surface area contributed by atoms with Crippen molar-refractivity contribution in [1.29, 1.82) is 5.26 Å². The summed E-state index contributed by atoms with van der Waals surface area (Å²) in [5.41, 5.74) is 0.261. The van der Waals surface area contributed by atoms with Crippen LogP contribution >= 0.6 is 0 Å². The largest absolute Gasteiger partial charge is 0.436 e. The molecule has 5 rings (SSSR count). The first-order valence-corrected chi connectivity index (χ1v) is 11.4. The zero-order chi connectivity index (χ0) is 24.7. The monoisotopic (exact) mass is 487 g/mol. The molecule has 0 amide bonds. The minimum Gasteiger partial charge on any atom is -0.394 e. The summed E-state index contributed by atoms with van der Waals surface area (Å²) in [7, 11) is 0. The fourth-order valence-corrected chi connectivity index (χ4v) is 4.86. The number of fused-ring (bicyclic) bond motifs is 1. The van der Waals surface area contributed by atoms with Gasteiger partial charge in [-0.2, -0.15) is 33.1 Å². The molecule has 3 aromatic heterocycles. The van der Waals surface area contributed by atoms with E-state index >= 15 is 0 Å². The maximum Gasteiger partial charge on any atom is 0.436 e. The lowest BCUT2D eigenvalue weighted by molar-refractivity contribution is -0.141. The molecule has 35 heavy (non-hydrogen) atoms. The molecule has 4 heterocycles. The van der Waals surface area contributed by atoms with Gasteiger partial charge in [-0.1, -0.05) is 6.08 Å². The van der Waals surface area contributed by atoms with E-state index in [2.05, 4.69) is 21.3 Å². The maximum atomic E-state index is 13.7. The number of alkyl halides is 3. The molecule has 1 fully saturated rings. The number of nitriles is 1. The standard InChI is InChI=1S/C23H24F3N7O2/c1-14-19(15-4-2-5-16(10-15)32-7-3-6-28-32)22(31-12-17(13-31)35-9-8-34)33-21(29-14)18(11-27)20(30-33)23(24,25)26/h3-4,6-7,16-17,34H,2,5,8-10,12-13H2,1H3/t16-/m1/s1. The van der Waals surface area contributed by atoms with Gasteiger partial charge in [0.05, 0.1) is 31.1 Å². The van der Waals surface area contributed by atoms with Crippen molar-refractivity contribution in [2.24, 2.45) is 0 Å². The van der Waals surface area contributed by atoms with E-state index in [-0.39, 0.29) is 31.0 Å². The van der Waals surface area contributed by atoms with Crippen molar-refractivity contribution in [3.63, 3.8) is 0 Å². The van der Waals surface area contributed by atoms with E-state index in [0.29, 0.717) is 31.0 Å². The average molecular weight is 487 g/mol. The van der Waals surface area contributed by atoms with Crippen molar-refractivity contribution in [2.45, 2.75) is 44.5 Å². The van der Waals surface area contributed by atoms with Gasteiger partial charge in [-0.3, -0.25) is 4.68 Å².